The SMILES string of the molecule is Cn1cc(-c2ccc(N(C(=O)NCc3ccccc3)C3CCC(Nc4ncc(C#N)c(NC5CNC(=O)C56CC6)n4)CC3)nc2)cn1. The number of anilines is 3. The number of carbonyl (C=O) groups is 2. The fraction of sp³-hybridized carbons (Fsp3) is 0.382. The van der Waals surface area contributed by atoms with E-state index < -0.39 is 5.41 Å². The van der Waals surface area contributed by atoms with Gasteiger partial charge in [0.2, 0.25) is 11.9 Å². The first-order valence-electron chi connectivity index (χ1n) is 16.1. The molecule has 240 valence electrons. The van der Waals surface area contributed by atoms with Gasteiger partial charge in [0.05, 0.1) is 23.9 Å². The molecule has 4 heterocycles. The second kappa shape index (κ2) is 12.7. The number of nitrogens with one attached hydrogen (secondary N) is 4. The smallest absolute Gasteiger partial charge is 0.323 e. The highest BCUT2D eigenvalue weighted by Gasteiger charge is 2.59. The number of nitriles is 1. The quantitative estimate of drug-likeness (QED) is 0.214. The number of hydrogen-bond donors (Lipinski definition) is 4. The Labute approximate surface area is 272 Å². The van der Waals surface area contributed by atoms with Gasteiger partial charge in [0.25, 0.3) is 0 Å². The summed E-state index contributed by atoms with van der Waals surface area (Å²) in [5.41, 5.74) is 2.86. The molecule has 47 heavy (non-hydrogen) atoms. The van der Waals surface area contributed by atoms with Crippen LogP contribution in [0.4, 0.5) is 22.4 Å². The van der Waals surface area contributed by atoms with Crippen LogP contribution in [0.5, 0.6) is 0 Å². The molecule has 1 atom stereocenters. The number of hydrogen-bond acceptors (Lipinski definition) is 9. The molecule has 4 aromatic rings. The number of aromatic nitrogens is 5. The average Bonchev–Trinajstić information content (AvgIpc) is 3.71. The fourth-order valence-electron chi connectivity index (χ4n) is 6.68. The van der Waals surface area contributed by atoms with Gasteiger partial charge in [0.15, 0.2) is 0 Å². The van der Waals surface area contributed by atoms with Crippen molar-refractivity contribution in [2.45, 2.75) is 63.2 Å². The Kier molecular flexibility index (Phi) is 8.15. The van der Waals surface area contributed by atoms with E-state index >= 15 is 0 Å². The number of carbonyl (C=O) groups excluding carboxylic acids is 2. The zero-order valence-corrected chi connectivity index (χ0v) is 26.2. The van der Waals surface area contributed by atoms with Crippen molar-refractivity contribution in [3.8, 4) is 17.2 Å². The van der Waals surface area contributed by atoms with Gasteiger partial charge in [-0.25, -0.2) is 14.8 Å². The summed E-state index contributed by atoms with van der Waals surface area (Å²) in [5, 5.41) is 26.8. The molecule has 13 nitrogen and oxygen atoms in total. The molecular formula is C34H37N11O2. The Morgan fingerprint density at radius 1 is 1.04 bits per heavy atom. The lowest BCUT2D eigenvalue weighted by Crippen LogP contribution is -2.49. The summed E-state index contributed by atoms with van der Waals surface area (Å²) in [7, 11) is 1.87. The summed E-state index contributed by atoms with van der Waals surface area (Å²) in [6.45, 7) is 0.927. The predicted molar refractivity (Wildman–Crippen MR) is 176 cm³/mol. The van der Waals surface area contributed by atoms with Crippen LogP contribution in [0.2, 0.25) is 0 Å². The van der Waals surface area contributed by atoms with Crippen molar-refractivity contribution < 1.29 is 9.59 Å². The highest BCUT2D eigenvalue weighted by atomic mass is 16.2. The van der Waals surface area contributed by atoms with Crippen LogP contribution in [0, 0.1) is 16.7 Å². The Morgan fingerprint density at radius 2 is 1.85 bits per heavy atom. The van der Waals surface area contributed by atoms with Gasteiger partial charge >= 0.3 is 6.03 Å². The summed E-state index contributed by atoms with van der Waals surface area (Å²) in [6.07, 6.45) is 11.8. The van der Waals surface area contributed by atoms with Crippen molar-refractivity contribution >= 4 is 29.5 Å². The minimum absolute atomic E-state index is 0.0539. The molecule has 2 aliphatic carbocycles. The summed E-state index contributed by atoms with van der Waals surface area (Å²) in [5.74, 6) is 1.54. The van der Waals surface area contributed by atoms with E-state index in [-0.39, 0.29) is 30.1 Å². The highest BCUT2D eigenvalue weighted by Crippen LogP contribution is 2.52. The molecule has 7 rings (SSSR count). The number of benzene rings is 1. The molecule has 1 unspecified atom stereocenters. The van der Waals surface area contributed by atoms with Crippen LogP contribution in [-0.4, -0.2) is 61.3 Å². The summed E-state index contributed by atoms with van der Waals surface area (Å²) >= 11 is 0. The third-order valence-electron chi connectivity index (χ3n) is 9.53. The lowest BCUT2D eigenvalue weighted by atomic mass is 9.90. The molecule has 1 aromatic carbocycles. The maximum absolute atomic E-state index is 13.7. The third-order valence-corrected chi connectivity index (χ3v) is 9.53. The maximum Gasteiger partial charge on any atom is 0.323 e. The van der Waals surface area contributed by atoms with E-state index in [1.807, 2.05) is 55.7 Å². The van der Waals surface area contributed by atoms with Crippen LogP contribution in [0.3, 0.4) is 0 Å². The number of amides is 3. The molecule has 3 aliphatic rings. The molecule has 3 fully saturated rings. The van der Waals surface area contributed by atoms with Gasteiger partial charge in [-0.3, -0.25) is 14.4 Å². The van der Waals surface area contributed by atoms with Crippen LogP contribution in [0.15, 0.2) is 67.3 Å². The molecule has 3 amide bonds. The zero-order valence-electron chi connectivity index (χ0n) is 26.2. The molecule has 1 spiro atoms. The van der Waals surface area contributed by atoms with Gasteiger partial charge in [-0.05, 0) is 56.2 Å². The van der Waals surface area contributed by atoms with E-state index in [0.717, 1.165) is 55.2 Å². The van der Waals surface area contributed by atoms with Crippen LogP contribution < -0.4 is 26.2 Å². The molecule has 13 heteroatoms. The number of urea groups is 1. The van der Waals surface area contributed by atoms with Gasteiger partial charge in [0.1, 0.15) is 23.3 Å². The average molecular weight is 632 g/mol. The van der Waals surface area contributed by atoms with Crippen LogP contribution >= 0.6 is 0 Å². The molecule has 1 saturated heterocycles. The van der Waals surface area contributed by atoms with Crippen molar-refractivity contribution in [1.29, 1.82) is 5.26 Å². The Bertz CT molecular complexity index is 1790. The van der Waals surface area contributed by atoms with E-state index in [2.05, 4.69) is 42.4 Å². The number of aryl methyl sites for hydroxylation is 1. The minimum atomic E-state index is -0.392. The Balaban J connectivity index is 1.03. The second-order valence-corrected chi connectivity index (χ2v) is 12.6. The number of pyridine rings is 1. The topological polar surface area (TPSA) is 166 Å². The summed E-state index contributed by atoms with van der Waals surface area (Å²) in [4.78, 5) is 41.6. The molecule has 3 aromatic heterocycles. The van der Waals surface area contributed by atoms with Crippen molar-refractivity contribution in [3.63, 3.8) is 0 Å². The van der Waals surface area contributed by atoms with Crippen molar-refractivity contribution in [2.24, 2.45) is 12.5 Å². The van der Waals surface area contributed by atoms with Gasteiger partial charge < -0.3 is 21.3 Å². The van der Waals surface area contributed by atoms with E-state index in [9.17, 15) is 14.9 Å². The minimum Gasteiger partial charge on any atom is -0.363 e. The van der Waals surface area contributed by atoms with E-state index in [1.54, 1.807) is 22.0 Å². The number of rotatable bonds is 9. The van der Waals surface area contributed by atoms with Gasteiger partial charge in [0, 0.05) is 55.7 Å². The standard InChI is InChI=1S/C34H37N11O2/c1-44-21-25(19-40-44)23-7-12-29(36-17-23)45(33(47)39-16-22-5-3-2-4-6-22)27-10-8-26(9-11-27)41-32-38-18-24(15-35)30(43-32)42-28-20-37-31(46)34(28)13-14-34/h2-7,12,17-19,21,26-28H,8-11,13-14,16,20H2,1H3,(H,37,46)(H,39,47)(H2,38,41,42,43). The maximum atomic E-state index is 13.7. The van der Waals surface area contributed by atoms with Crippen LogP contribution in [0.25, 0.3) is 11.1 Å². The lowest BCUT2D eigenvalue weighted by molar-refractivity contribution is -0.123. The molecule has 0 bridgehead atoms. The second-order valence-electron chi connectivity index (χ2n) is 12.6. The first-order valence-corrected chi connectivity index (χ1v) is 16.1. The van der Waals surface area contributed by atoms with E-state index in [1.165, 1.54) is 6.20 Å². The lowest BCUT2D eigenvalue weighted by Gasteiger charge is -2.36. The summed E-state index contributed by atoms with van der Waals surface area (Å²) in [6, 6.07) is 15.6. The molecule has 1 aliphatic heterocycles. The van der Waals surface area contributed by atoms with Gasteiger partial charge in [-0.2, -0.15) is 15.3 Å². The Hall–Kier alpha value is -5.51. The van der Waals surface area contributed by atoms with Crippen LogP contribution in [0.1, 0.15) is 49.7 Å². The van der Waals surface area contributed by atoms with Crippen molar-refractivity contribution in [1.82, 2.24) is 35.4 Å². The third kappa shape index (κ3) is 6.31. The van der Waals surface area contributed by atoms with Crippen LogP contribution in [-0.2, 0) is 18.4 Å². The van der Waals surface area contributed by atoms with Gasteiger partial charge in [-0.15, -0.1) is 0 Å². The van der Waals surface area contributed by atoms with Crippen molar-refractivity contribution in [3.05, 3.63) is 78.4 Å². The van der Waals surface area contributed by atoms with E-state index in [4.69, 9.17) is 4.98 Å². The zero-order chi connectivity index (χ0) is 32.4. The highest BCUT2D eigenvalue weighted by molar-refractivity contribution is 5.92. The summed E-state index contributed by atoms with van der Waals surface area (Å²) < 4.78 is 1.75. The fourth-order valence-corrected chi connectivity index (χ4v) is 6.68. The first-order chi connectivity index (χ1) is 22.9. The molecule has 0 radical (unpaired) electrons. The molecule has 2 saturated carbocycles. The monoisotopic (exact) mass is 631 g/mol. The first kappa shape index (κ1) is 30.2. The van der Waals surface area contributed by atoms with Gasteiger partial charge in [-0.1, -0.05) is 30.3 Å². The molecular weight excluding hydrogens is 594 g/mol. The predicted octanol–water partition coefficient (Wildman–Crippen LogP) is 3.97. The molecule has 4 N–H and O–H groups in total. The largest absolute Gasteiger partial charge is 0.363 e. The normalized spacial score (nSPS) is 21.0. The van der Waals surface area contributed by atoms with E-state index in [0.29, 0.717) is 36.2 Å². The number of nitrogens with zero attached hydrogens (tertiary/aromatic N) is 7. The van der Waals surface area contributed by atoms with Crippen molar-refractivity contribution in [2.75, 3.05) is 22.1 Å². The Morgan fingerprint density at radius 3 is 2.53 bits per heavy atom.